The number of ether oxygens (including phenoxy) is 1. The number of nitrogens with zero attached hydrogens (tertiary/aromatic N) is 2. The van der Waals surface area contributed by atoms with Crippen LogP contribution < -0.4 is 4.74 Å². The summed E-state index contributed by atoms with van der Waals surface area (Å²) in [5, 5.41) is 5.21. The molecule has 1 atom stereocenters. The summed E-state index contributed by atoms with van der Waals surface area (Å²) in [7, 11) is 0. The van der Waals surface area contributed by atoms with Crippen LogP contribution in [0.2, 0.25) is 5.02 Å². The topological polar surface area (TPSA) is 44.1 Å². The fourth-order valence-electron chi connectivity index (χ4n) is 2.78. The van der Waals surface area contributed by atoms with Gasteiger partial charge in [0, 0.05) is 11.1 Å². The SMILES string of the molecule is CCCCC(CC)C(=O)Oc1cc(CCC)nn1-c1cccc(Cl)c1. The molecule has 0 aliphatic heterocycles. The van der Waals surface area contributed by atoms with E-state index in [1.807, 2.05) is 37.3 Å². The molecule has 1 aromatic heterocycles. The van der Waals surface area contributed by atoms with Gasteiger partial charge < -0.3 is 4.74 Å². The van der Waals surface area contributed by atoms with Crippen molar-refractivity contribution < 1.29 is 9.53 Å². The highest BCUT2D eigenvalue weighted by atomic mass is 35.5. The fraction of sp³-hybridized carbons (Fsp3) is 0.500. The smallest absolute Gasteiger partial charge is 0.315 e. The van der Waals surface area contributed by atoms with Gasteiger partial charge in [-0.3, -0.25) is 4.79 Å². The molecule has 136 valence electrons. The zero-order valence-electron chi connectivity index (χ0n) is 15.3. The van der Waals surface area contributed by atoms with Crippen molar-refractivity contribution in [3.05, 3.63) is 41.0 Å². The molecule has 0 saturated heterocycles. The number of halogens is 1. The van der Waals surface area contributed by atoms with Crippen molar-refractivity contribution in [2.45, 2.75) is 59.3 Å². The Morgan fingerprint density at radius 3 is 2.68 bits per heavy atom. The Hall–Kier alpha value is -1.81. The Labute approximate surface area is 155 Å². The number of carbonyl (C=O) groups is 1. The monoisotopic (exact) mass is 362 g/mol. The van der Waals surface area contributed by atoms with E-state index in [9.17, 15) is 4.79 Å². The first-order valence-electron chi connectivity index (χ1n) is 9.15. The number of aromatic nitrogens is 2. The van der Waals surface area contributed by atoms with Crippen molar-refractivity contribution in [3.63, 3.8) is 0 Å². The third-order valence-electron chi connectivity index (χ3n) is 4.22. The van der Waals surface area contributed by atoms with Crippen LogP contribution in [0, 0.1) is 5.92 Å². The molecule has 0 aliphatic carbocycles. The number of esters is 1. The van der Waals surface area contributed by atoms with Gasteiger partial charge in [0.05, 0.1) is 17.3 Å². The number of rotatable bonds is 9. The Bertz CT molecular complexity index is 697. The van der Waals surface area contributed by atoms with Gasteiger partial charge in [-0.2, -0.15) is 5.10 Å². The average molecular weight is 363 g/mol. The molecule has 25 heavy (non-hydrogen) atoms. The maximum atomic E-state index is 12.6. The van der Waals surface area contributed by atoms with Crippen LogP contribution in [0.3, 0.4) is 0 Å². The highest BCUT2D eigenvalue weighted by molar-refractivity contribution is 6.30. The number of benzene rings is 1. The van der Waals surface area contributed by atoms with Gasteiger partial charge in [0.15, 0.2) is 0 Å². The molecule has 1 aromatic carbocycles. The Morgan fingerprint density at radius 1 is 1.24 bits per heavy atom. The maximum absolute atomic E-state index is 12.6. The highest BCUT2D eigenvalue weighted by Gasteiger charge is 2.21. The molecule has 2 rings (SSSR count). The summed E-state index contributed by atoms with van der Waals surface area (Å²) in [6.45, 7) is 6.25. The van der Waals surface area contributed by atoms with Gasteiger partial charge in [0.2, 0.25) is 5.88 Å². The first-order valence-corrected chi connectivity index (χ1v) is 9.53. The van der Waals surface area contributed by atoms with Crippen molar-refractivity contribution in [2.24, 2.45) is 5.92 Å². The molecule has 0 amide bonds. The molecule has 1 heterocycles. The van der Waals surface area contributed by atoms with Gasteiger partial charge in [-0.25, -0.2) is 4.68 Å². The summed E-state index contributed by atoms with van der Waals surface area (Å²) in [5.41, 5.74) is 1.70. The largest absolute Gasteiger partial charge is 0.407 e. The molecule has 0 bridgehead atoms. The third kappa shape index (κ3) is 5.33. The van der Waals surface area contributed by atoms with Crippen LogP contribution in [0.15, 0.2) is 30.3 Å². The molecule has 2 aromatic rings. The predicted octanol–water partition coefficient (Wildman–Crippen LogP) is 5.60. The lowest BCUT2D eigenvalue weighted by Gasteiger charge is -2.14. The Kier molecular flexibility index (Phi) is 7.51. The van der Waals surface area contributed by atoms with Crippen molar-refractivity contribution in [1.29, 1.82) is 0 Å². The summed E-state index contributed by atoms with van der Waals surface area (Å²) in [4.78, 5) is 12.6. The molecule has 4 nitrogen and oxygen atoms in total. The second-order valence-electron chi connectivity index (χ2n) is 6.28. The Balaban J connectivity index is 2.27. The summed E-state index contributed by atoms with van der Waals surface area (Å²) < 4.78 is 7.40. The van der Waals surface area contributed by atoms with Crippen LogP contribution in [-0.2, 0) is 11.2 Å². The van der Waals surface area contributed by atoms with E-state index in [0.717, 1.165) is 49.9 Å². The van der Waals surface area contributed by atoms with Gasteiger partial charge in [-0.05, 0) is 37.5 Å². The minimum Gasteiger partial charge on any atom is -0.407 e. The van der Waals surface area contributed by atoms with E-state index in [0.29, 0.717) is 10.9 Å². The van der Waals surface area contributed by atoms with E-state index in [1.165, 1.54) is 0 Å². The minimum atomic E-state index is -0.179. The number of hydrogen-bond donors (Lipinski definition) is 0. The quantitative estimate of drug-likeness (QED) is 0.545. The van der Waals surface area contributed by atoms with E-state index < -0.39 is 0 Å². The zero-order valence-corrected chi connectivity index (χ0v) is 16.1. The van der Waals surface area contributed by atoms with Gasteiger partial charge in [0.1, 0.15) is 0 Å². The van der Waals surface area contributed by atoms with Gasteiger partial charge in [-0.15, -0.1) is 0 Å². The molecule has 0 N–H and O–H groups in total. The van der Waals surface area contributed by atoms with Crippen LogP contribution in [0.25, 0.3) is 5.69 Å². The maximum Gasteiger partial charge on any atom is 0.315 e. The lowest BCUT2D eigenvalue weighted by Crippen LogP contribution is -2.21. The van der Waals surface area contributed by atoms with Gasteiger partial charge in [0.25, 0.3) is 0 Å². The van der Waals surface area contributed by atoms with Gasteiger partial charge >= 0.3 is 5.97 Å². The number of carbonyl (C=O) groups excluding carboxylic acids is 1. The fourth-order valence-corrected chi connectivity index (χ4v) is 2.96. The Morgan fingerprint density at radius 2 is 2.04 bits per heavy atom. The minimum absolute atomic E-state index is 0.0720. The van der Waals surface area contributed by atoms with E-state index in [4.69, 9.17) is 16.3 Å². The summed E-state index contributed by atoms with van der Waals surface area (Å²) in [6, 6.07) is 9.25. The molecular formula is C20H27ClN2O2. The molecular weight excluding hydrogens is 336 g/mol. The first kappa shape index (κ1) is 19.5. The molecule has 0 aliphatic rings. The lowest BCUT2D eigenvalue weighted by molar-refractivity contribution is -0.139. The lowest BCUT2D eigenvalue weighted by atomic mass is 10.00. The number of hydrogen-bond acceptors (Lipinski definition) is 3. The third-order valence-corrected chi connectivity index (χ3v) is 4.46. The van der Waals surface area contributed by atoms with Gasteiger partial charge in [-0.1, -0.05) is 57.7 Å². The summed E-state index contributed by atoms with van der Waals surface area (Å²) in [6.07, 6.45) is 5.57. The second-order valence-corrected chi connectivity index (χ2v) is 6.72. The van der Waals surface area contributed by atoms with E-state index in [2.05, 4.69) is 18.9 Å². The van der Waals surface area contributed by atoms with Crippen LogP contribution in [0.1, 0.15) is 58.6 Å². The van der Waals surface area contributed by atoms with E-state index in [-0.39, 0.29) is 11.9 Å². The molecule has 0 radical (unpaired) electrons. The number of aryl methyl sites for hydroxylation is 1. The molecule has 5 heteroatoms. The summed E-state index contributed by atoms with van der Waals surface area (Å²) in [5.74, 6) is 0.213. The second kappa shape index (κ2) is 9.62. The highest BCUT2D eigenvalue weighted by Crippen LogP contribution is 2.24. The molecule has 0 saturated carbocycles. The number of unbranched alkanes of at least 4 members (excludes halogenated alkanes) is 1. The van der Waals surface area contributed by atoms with Crippen molar-refractivity contribution in [3.8, 4) is 11.6 Å². The van der Waals surface area contributed by atoms with E-state index in [1.54, 1.807) is 4.68 Å². The first-order chi connectivity index (χ1) is 12.1. The molecule has 1 unspecified atom stereocenters. The molecule has 0 spiro atoms. The molecule has 0 fully saturated rings. The van der Waals surface area contributed by atoms with Crippen LogP contribution in [0.4, 0.5) is 0 Å². The zero-order chi connectivity index (χ0) is 18.2. The summed E-state index contributed by atoms with van der Waals surface area (Å²) >= 11 is 6.10. The van der Waals surface area contributed by atoms with Crippen LogP contribution in [0.5, 0.6) is 5.88 Å². The average Bonchev–Trinajstić information content (AvgIpc) is 2.98. The normalized spacial score (nSPS) is 12.2. The van der Waals surface area contributed by atoms with Crippen molar-refractivity contribution >= 4 is 17.6 Å². The predicted molar refractivity (Wildman–Crippen MR) is 102 cm³/mol. The van der Waals surface area contributed by atoms with E-state index >= 15 is 0 Å². The van der Waals surface area contributed by atoms with Crippen molar-refractivity contribution in [1.82, 2.24) is 9.78 Å². The van der Waals surface area contributed by atoms with Crippen LogP contribution >= 0.6 is 11.6 Å². The standard InChI is InChI=1S/C20H27ClN2O2/c1-4-7-10-15(6-3)20(24)25-19-14-17(9-5-2)22-23(19)18-12-8-11-16(21)13-18/h8,11-15H,4-7,9-10H2,1-3H3. The van der Waals surface area contributed by atoms with Crippen molar-refractivity contribution in [2.75, 3.05) is 0 Å². The van der Waals surface area contributed by atoms with Crippen LogP contribution in [-0.4, -0.2) is 15.7 Å².